The first-order chi connectivity index (χ1) is 21.1. The van der Waals surface area contributed by atoms with Crippen molar-refractivity contribution in [2.75, 3.05) is 59.0 Å². The van der Waals surface area contributed by atoms with Crippen molar-refractivity contribution < 1.29 is 23.9 Å². The number of nitro benzene ring substituents is 1. The Morgan fingerprint density at radius 1 is 1.16 bits per heavy atom. The van der Waals surface area contributed by atoms with Gasteiger partial charge in [-0.3, -0.25) is 19.5 Å². The fourth-order valence-electron chi connectivity index (χ4n) is 5.41. The highest BCUT2D eigenvalue weighted by atomic mass is 79.9. The van der Waals surface area contributed by atoms with E-state index >= 15 is 0 Å². The summed E-state index contributed by atoms with van der Waals surface area (Å²) in [6.45, 7) is 6.72. The van der Waals surface area contributed by atoms with E-state index in [9.17, 15) is 19.7 Å². The zero-order valence-electron chi connectivity index (χ0n) is 25.0. The summed E-state index contributed by atoms with van der Waals surface area (Å²) in [6.07, 6.45) is 1.68. The fourth-order valence-corrected chi connectivity index (χ4v) is 6.99. The minimum atomic E-state index is -0.899. The summed E-state index contributed by atoms with van der Waals surface area (Å²) in [5.41, 5.74) is 2.08. The molecule has 0 radical (unpaired) electrons. The van der Waals surface area contributed by atoms with Crippen LogP contribution in [0.1, 0.15) is 31.0 Å². The summed E-state index contributed by atoms with van der Waals surface area (Å²) < 4.78 is 18.8. The van der Waals surface area contributed by atoms with E-state index in [4.69, 9.17) is 14.2 Å². The molecule has 1 unspecified atom stereocenters. The normalized spacial score (nSPS) is 17.3. The molecule has 2 aliphatic rings. The predicted molar refractivity (Wildman–Crippen MR) is 170 cm³/mol. The van der Waals surface area contributed by atoms with Gasteiger partial charge >= 0.3 is 5.97 Å². The van der Waals surface area contributed by atoms with Crippen LogP contribution in [0.25, 0.3) is 6.08 Å². The Balaban J connectivity index is 1.74. The zero-order valence-corrected chi connectivity index (χ0v) is 27.4. The third kappa shape index (κ3) is 5.88. The number of carbonyl (C=O) groups is 1. The van der Waals surface area contributed by atoms with Crippen molar-refractivity contribution in [1.82, 2.24) is 9.47 Å². The fraction of sp³-hybridized carbons (Fsp3) is 0.367. The van der Waals surface area contributed by atoms with E-state index in [1.54, 1.807) is 38.1 Å². The number of methoxy groups -OCH3 is 2. The van der Waals surface area contributed by atoms with Gasteiger partial charge < -0.3 is 24.0 Å². The van der Waals surface area contributed by atoms with Crippen molar-refractivity contribution in [3.8, 4) is 11.5 Å². The lowest BCUT2D eigenvalue weighted by Gasteiger charge is -2.34. The third-order valence-electron chi connectivity index (χ3n) is 7.67. The number of non-ortho nitro benzene ring substituents is 1. The summed E-state index contributed by atoms with van der Waals surface area (Å²) in [5.74, 6) is 0.292. The number of allylic oxidation sites excluding steroid dienone is 1. The SMILES string of the molecule is CCOC(=O)C1=C(C)N=c2s/c(=C/c3cc([N+](=O)[O-])ccc3N3CCN(C)CC3)c(=O)n2C1c1cc(OC)c(OC)cc1Br. The van der Waals surface area contributed by atoms with Crippen molar-refractivity contribution in [1.29, 1.82) is 0 Å². The Morgan fingerprint density at radius 3 is 2.48 bits per heavy atom. The van der Waals surface area contributed by atoms with Gasteiger partial charge in [-0.05, 0) is 50.7 Å². The molecule has 0 spiro atoms. The van der Waals surface area contributed by atoms with E-state index in [0.29, 0.717) is 42.1 Å². The van der Waals surface area contributed by atoms with Gasteiger partial charge in [-0.25, -0.2) is 9.79 Å². The second-order valence-corrected chi connectivity index (χ2v) is 12.2. The minimum Gasteiger partial charge on any atom is -0.493 e. The van der Waals surface area contributed by atoms with Gasteiger partial charge in [0.05, 0.1) is 47.6 Å². The van der Waals surface area contributed by atoms with Crippen LogP contribution in [0, 0.1) is 10.1 Å². The lowest BCUT2D eigenvalue weighted by molar-refractivity contribution is -0.384. The summed E-state index contributed by atoms with van der Waals surface area (Å²) in [6, 6.07) is 7.24. The van der Waals surface area contributed by atoms with Gasteiger partial charge in [-0.15, -0.1) is 0 Å². The molecule has 0 aliphatic carbocycles. The molecule has 0 saturated carbocycles. The second-order valence-electron chi connectivity index (χ2n) is 10.3. The molecular formula is C30H32BrN5O7S. The number of nitro groups is 1. The Kier molecular flexibility index (Phi) is 9.23. The van der Waals surface area contributed by atoms with E-state index < -0.39 is 22.5 Å². The molecule has 44 heavy (non-hydrogen) atoms. The average molecular weight is 687 g/mol. The third-order valence-corrected chi connectivity index (χ3v) is 9.34. The maximum atomic E-state index is 14.3. The smallest absolute Gasteiger partial charge is 0.338 e. The van der Waals surface area contributed by atoms with Gasteiger partial charge in [0.25, 0.3) is 11.2 Å². The van der Waals surface area contributed by atoms with E-state index in [0.717, 1.165) is 43.2 Å². The van der Waals surface area contributed by atoms with Gasteiger partial charge in [0.1, 0.15) is 0 Å². The van der Waals surface area contributed by atoms with E-state index in [-0.39, 0.29) is 17.9 Å². The molecule has 3 heterocycles. The highest BCUT2D eigenvalue weighted by molar-refractivity contribution is 9.10. The molecule has 1 saturated heterocycles. The Hall–Kier alpha value is -4.01. The molecule has 232 valence electrons. The number of halogens is 1. The number of hydrogen-bond acceptors (Lipinski definition) is 11. The number of likely N-dealkylation sites (N-methyl/N-ethyl adjacent to an activating group) is 1. The van der Waals surface area contributed by atoms with Gasteiger partial charge in [0.15, 0.2) is 16.3 Å². The first kappa shape index (κ1) is 31.4. The molecule has 14 heteroatoms. The van der Waals surface area contributed by atoms with Crippen LogP contribution in [-0.4, -0.2) is 74.4 Å². The van der Waals surface area contributed by atoms with Crippen LogP contribution in [0.4, 0.5) is 11.4 Å². The summed E-state index contributed by atoms with van der Waals surface area (Å²) in [4.78, 5) is 48.3. The number of piperazine rings is 1. The largest absolute Gasteiger partial charge is 0.493 e. The van der Waals surface area contributed by atoms with Crippen LogP contribution in [0.5, 0.6) is 11.5 Å². The molecule has 1 fully saturated rings. The van der Waals surface area contributed by atoms with Crippen molar-refractivity contribution in [2.45, 2.75) is 19.9 Å². The number of carbonyl (C=O) groups excluding carboxylic acids is 1. The minimum absolute atomic E-state index is 0.0746. The van der Waals surface area contributed by atoms with Gasteiger partial charge in [-0.1, -0.05) is 27.3 Å². The molecule has 12 nitrogen and oxygen atoms in total. The number of benzene rings is 2. The topological polar surface area (TPSA) is 129 Å². The van der Waals surface area contributed by atoms with Gasteiger partial charge in [-0.2, -0.15) is 0 Å². The van der Waals surface area contributed by atoms with Crippen molar-refractivity contribution in [3.05, 3.63) is 87.0 Å². The van der Waals surface area contributed by atoms with Gasteiger partial charge in [0.2, 0.25) is 0 Å². The monoisotopic (exact) mass is 685 g/mol. The summed E-state index contributed by atoms with van der Waals surface area (Å²) in [7, 11) is 5.07. The highest BCUT2D eigenvalue weighted by Gasteiger charge is 2.35. The zero-order chi connectivity index (χ0) is 31.7. The summed E-state index contributed by atoms with van der Waals surface area (Å²) >= 11 is 4.76. The van der Waals surface area contributed by atoms with Crippen molar-refractivity contribution in [3.63, 3.8) is 0 Å². The van der Waals surface area contributed by atoms with Crippen LogP contribution >= 0.6 is 27.3 Å². The number of esters is 1. The molecule has 5 rings (SSSR count). The standard InChI is InChI=1S/C30H32BrN5O7S/c1-6-43-29(38)26-17(2)32-30-35(27(26)20-15-23(41-4)24(42-5)16-21(20)31)28(37)25(44-30)14-18-13-19(36(39)40)7-8-22(18)34-11-9-33(3)10-12-34/h7-8,13-16,27H,6,9-12H2,1-5H3/b25-14+. The number of aromatic nitrogens is 1. The highest BCUT2D eigenvalue weighted by Crippen LogP contribution is 2.41. The van der Waals surface area contributed by atoms with E-state index in [1.807, 2.05) is 0 Å². The van der Waals surface area contributed by atoms with Crippen molar-refractivity contribution >= 4 is 50.7 Å². The molecule has 0 N–H and O–H groups in total. The number of nitrogens with zero attached hydrogens (tertiary/aromatic N) is 5. The quantitative estimate of drug-likeness (QED) is 0.199. The Labute approximate surface area is 265 Å². The molecule has 0 amide bonds. The molecule has 1 aromatic heterocycles. The summed E-state index contributed by atoms with van der Waals surface area (Å²) in [5, 5.41) is 11.7. The Bertz CT molecular complexity index is 1840. The molecule has 1 atom stereocenters. The van der Waals surface area contributed by atoms with E-state index in [1.165, 1.54) is 30.9 Å². The molecule has 3 aromatic rings. The lowest BCUT2D eigenvalue weighted by atomic mass is 9.95. The first-order valence-electron chi connectivity index (χ1n) is 13.9. The van der Waals surface area contributed by atoms with Crippen LogP contribution in [0.3, 0.4) is 0 Å². The molecule has 0 bridgehead atoms. The average Bonchev–Trinajstić information content (AvgIpc) is 3.30. The molecule has 2 aromatic carbocycles. The van der Waals surface area contributed by atoms with Crippen LogP contribution in [-0.2, 0) is 9.53 Å². The second kappa shape index (κ2) is 12.9. The maximum Gasteiger partial charge on any atom is 0.338 e. The first-order valence-corrected chi connectivity index (χ1v) is 15.5. The number of rotatable bonds is 8. The maximum absolute atomic E-state index is 14.3. The number of fused-ring (bicyclic) bond motifs is 1. The lowest BCUT2D eigenvalue weighted by Crippen LogP contribution is -2.44. The Morgan fingerprint density at radius 2 is 1.84 bits per heavy atom. The van der Waals surface area contributed by atoms with Crippen LogP contribution in [0.2, 0.25) is 0 Å². The van der Waals surface area contributed by atoms with Crippen LogP contribution in [0.15, 0.2) is 55.9 Å². The van der Waals surface area contributed by atoms with Crippen LogP contribution < -0.4 is 29.3 Å². The number of anilines is 1. The number of hydrogen-bond donors (Lipinski definition) is 0. The number of thiazole rings is 1. The molecule has 2 aliphatic heterocycles. The van der Waals surface area contributed by atoms with Gasteiger partial charge in [0, 0.05) is 54.0 Å². The molecular weight excluding hydrogens is 654 g/mol. The van der Waals surface area contributed by atoms with E-state index in [2.05, 4.69) is 37.8 Å². The van der Waals surface area contributed by atoms with Crippen molar-refractivity contribution in [2.24, 2.45) is 4.99 Å². The number of ether oxygens (including phenoxy) is 3. The predicted octanol–water partition coefficient (Wildman–Crippen LogP) is 3.24.